The van der Waals surface area contributed by atoms with Gasteiger partial charge >= 0.3 is 0 Å². The van der Waals surface area contributed by atoms with Crippen LogP contribution >= 0.6 is 12.4 Å². The molecule has 2 aliphatic rings. The summed E-state index contributed by atoms with van der Waals surface area (Å²) in [4.78, 5) is 14.4. The van der Waals surface area contributed by atoms with Gasteiger partial charge in [-0.05, 0) is 53.9 Å². The van der Waals surface area contributed by atoms with Crippen LogP contribution in [0.2, 0.25) is 0 Å². The van der Waals surface area contributed by atoms with E-state index in [1.807, 2.05) is 36.4 Å². The third kappa shape index (κ3) is 5.63. The summed E-state index contributed by atoms with van der Waals surface area (Å²) in [5, 5.41) is 5.69. The van der Waals surface area contributed by atoms with Gasteiger partial charge in [0.25, 0.3) is 5.91 Å². The molecule has 2 fully saturated rings. The van der Waals surface area contributed by atoms with Crippen LogP contribution in [-0.4, -0.2) is 62.9 Å². The summed E-state index contributed by atoms with van der Waals surface area (Å²) < 4.78 is 17.4. The first-order chi connectivity index (χ1) is 16.3. The lowest BCUT2D eigenvalue weighted by Crippen LogP contribution is -2.43. The maximum absolute atomic E-state index is 12.6. The van der Waals surface area contributed by atoms with E-state index < -0.39 is 0 Å². The average Bonchev–Trinajstić information content (AvgIpc) is 3.40. The number of nitrogens with zero attached hydrogens (tertiary/aromatic N) is 1. The van der Waals surface area contributed by atoms with Gasteiger partial charge in [0.15, 0.2) is 6.61 Å². The Balaban J connectivity index is 0.00000274. The zero-order valence-electron chi connectivity index (χ0n) is 19.2. The second-order valence-corrected chi connectivity index (χ2v) is 8.57. The Kier molecular flexibility index (Phi) is 8.27. The first-order valence-corrected chi connectivity index (χ1v) is 11.7. The number of ether oxygens (including phenoxy) is 3. The molecule has 180 valence electrons. The molecular formula is C27H31ClN2O4. The van der Waals surface area contributed by atoms with Crippen LogP contribution in [0.25, 0.3) is 21.9 Å². The molecule has 1 N–H and O–H groups in total. The van der Waals surface area contributed by atoms with Gasteiger partial charge in [-0.2, -0.15) is 0 Å². The van der Waals surface area contributed by atoms with E-state index in [1.165, 1.54) is 6.42 Å². The molecule has 6 nitrogen and oxygen atoms in total. The van der Waals surface area contributed by atoms with Gasteiger partial charge < -0.3 is 24.4 Å². The van der Waals surface area contributed by atoms with Crippen molar-refractivity contribution < 1.29 is 19.0 Å². The summed E-state index contributed by atoms with van der Waals surface area (Å²) in [5.74, 6) is 1.55. The molecule has 1 atom stereocenters. The van der Waals surface area contributed by atoms with E-state index >= 15 is 0 Å². The standard InChI is InChI=1S/C27H30N2O4.ClH/c30-26(29-14-16-31-17-15-29)19-33-25-12-9-20-4-1-2-6-24(20)27(25)21-7-10-23(11-8-21)32-18-22-5-3-13-28-22;/h1-2,4,6-12,22,28H,3,5,13-19H2;1H. The smallest absolute Gasteiger partial charge is 0.260 e. The van der Waals surface area contributed by atoms with E-state index in [2.05, 4.69) is 29.6 Å². The van der Waals surface area contributed by atoms with Gasteiger partial charge in [-0.1, -0.05) is 42.5 Å². The summed E-state index contributed by atoms with van der Waals surface area (Å²) in [6.07, 6.45) is 2.38. The maximum atomic E-state index is 12.6. The molecule has 3 aromatic rings. The molecule has 1 unspecified atom stereocenters. The molecule has 2 saturated heterocycles. The third-order valence-electron chi connectivity index (χ3n) is 6.36. The summed E-state index contributed by atoms with van der Waals surface area (Å²) in [6, 6.07) is 20.8. The predicted molar refractivity (Wildman–Crippen MR) is 136 cm³/mol. The maximum Gasteiger partial charge on any atom is 0.260 e. The van der Waals surface area contributed by atoms with Crippen molar-refractivity contribution >= 4 is 29.1 Å². The number of fused-ring (bicyclic) bond motifs is 1. The minimum absolute atomic E-state index is 0. The summed E-state index contributed by atoms with van der Waals surface area (Å²) in [5.41, 5.74) is 2.03. The Hall–Kier alpha value is -2.80. The molecule has 7 heteroatoms. The highest BCUT2D eigenvalue weighted by Crippen LogP contribution is 2.38. The second kappa shape index (κ2) is 11.6. The fourth-order valence-electron chi connectivity index (χ4n) is 4.53. The SMILES string of the molecule is Cl.O=C(COc1ccc2ccccc2c1-c1ccc(OCC2CCCN2)cc1)N1CCOCC1. The summed E-state index contributed by atoms with van der Waals surface area (Å²) >= 11 is 0. The van der Waals surface area contributed by atoms with Crippen molar-refractivity contribution in [2.24, 2.45) is 0 Å². The van der Waals surface area contributed by atoms with Crippen molar-refractivity contribution in [2.75, 3.05) is 46.1 Å². The molecule has 0 saturated carbocycles. The molecule has 5 rings (SSSR count). The van der Waals surface area contributed by atoms with E-state index in [9.17, 15) is 4.79 Å². The van der Waals surface area contributed by atoms with Crippen LogP contribution in [0, 0.1) is 0 Å². The fraction of sp³-hybridized carbons (Fsp3) is 0.370. The molecular weight excluding hydrogens is 452 g/mol. The van der Waals surface area contributed by atoms with Crippen LogP contribution in [-0.2, 0) is 9.53 Å². The van der Waals surface area contributed by atoms with E-state index in [-0.39, 0.29) is 24.9 Å². The van der Waals surface area contributed by atoms with Gasteiger partial charge in [0.2, 0.25) is 0 Å². The van der Waals surface area contributed by atoms with Crippen molar-refractivity contribution in [3.05, 3.63) is 60.7 Å². The van der Waals surface area contributed by atoms with Crippen molar-refractivity contribution in [3.8, 4) is 22.6 Å². The molecule has 0 bridgehead atoms. The number of hydrogen-bond acceptors (Lipinski definition) is 5. The lowest BCUT2D eigenvalue weighted by Gasteiger charge is -2.27. The van der Waals surface area contributed by atoms with Gasteiger partial charge in [-0.25, -0.2) is 0 Å². The highest BCUT2D eigenvalue weighted by Gasteiger charge is 2.19. The molecule has 0 radical (unpaired) electrons. The zero-order valence-corrected chi connectivity index (χ0v) is 20.0. The zero-order chi connectivity index (χ0) is 22.5. The van der Waals surface area contributed by atoms with Gasteiger partial charge in [-0.3, -0.25) is 4.79 Å². The molecule has 2 heterocycles. The highest BCUT2D eigenvalue weighted by atomic mass is 35.5. The number of benzene rings is 3. The number of nitrogens with one attached hydrogen (secondary N) is 1. The number of carbonyl (C=O) groups excluding carboxylic acids is 1. The van der Waals surface area contributed by atoms with E-state index in [0.29, 0.717) is 44.7 Å². The van der Waals surface area contributed by atoms with E-state index in [0.717, 1.165) is 40.6 Å². The van der Waals surface area contributed by atoms with Crippen LogP contribution in [0.4, 0.5) is 0 Å². The lowest BCUT2D eigenvalue weighted by molar-refractivity contribution is -0.137. The minimum Gasteiger partial charge on any atom is -0.492 e. The van der Waals surface area contributed by atoms with Crippen LogP contribution in [0.3, 0.4) is 0 Å². The first kappa shape index (κ1) is 24.3. The number of morpholine rings is 1. The predicted octanol–water partition coefficient (Wildman–Crippen LogP) is 4.30. The number of amides is 1. The van der Waals surface area contributed by atoms with Crippen molar-refractivity contribution in [2.45, 2.75) is 18.9 Å². The third-order valence-corrected chi connectivity index (χ3v) is 6.36. The lowest BCUT2D eigenvalue weighted by atomic mass is 9.97. The fourth-order valence-corrected chi connectivity index (χ4v) is 4.53. The van der Waals surface area contributed by atoms with E-state index in [4.69, 9.17) is 14.2 Å². The number of halogens is 1. The largest absolute Gasteiger partial charge is 0.492 e. The van der Waals surface area contributed by atoms with Crippen LogP contribution < -0.4 is 14.8 Å². The van der Waals surface area contributed by atoms with Crippen LogP contribution in [0.5, 0.6) is 11.5 Å². The first-order valence-electron chi connectivity index (χ1n) is 11.7. The molecule has 0 aliphatic carbocycles. The molecule has 1 amide bonds. The Morgan fingerprint density at radius 3 is 2.56 bits per heavy atom. The van der Waals surface area contributed by atoms with Gasteiger partial charge in [-0.15, -0.1) is 12.4 Å². The van der Waals surface area contributed by atoms with Gasteiger partial charge in [0.1, 0.15) is 18.1 Å². The Morgan fingerprint density at radius 2 is 1.79 bits per heavy atom. The topological polar surface area (TPSA) is 60.0 Å². The number of hydrogen-bond donors (Lipinski definition) is 1. The molecule has 0 aromatic heterocycles. The molecule has 0 spiro atoms. The quantitative estimate of drug-likeness (QED) is 0.544. The Bertz CT molecular complexity index is 1090. The number of carbonyl (C=O) groups is 1. The Labute approximate surface area is 206 Å². The molecule has 2 aliphatic heterocycles. The molecule has 34 heavy (non-hydrogen) atoms. The Morgan fingerprint density at radius 1 is 1.00 bits per heavy atom. The van der Waals surface area contributed by atoms with Gasteiger partial charge in [0, 0.05) is 24.7 Å². The summed E-state index contributed by atoms with van der Waals surface area (Å²) in [6.45, 7) is 4.17. The monoisotopic (exact) mass is 482 g/mol. The van der Waals surface area contributed by atoms with Crippen molar-refractivity contribution in [3.63, 3.8) is 0 Å². The second-order valence-electron chi connectivity index (χ2n) is 8.57. The van der Waals surface area contributed by atoms with Gasteiger partial charge in [0.05, 0.1) is 13.2 Å². The average molecular weight is 483 g/mol. The highest BCUT2D eigenvalue weighted by molar-refractivity contribution is 6.00. The summed E-state index contributed by atoms with van der Waals surface area (Å²) in [7, 11) is 0. The van der Waals surface area contributed by atoms with Crippen LogP contribution in [0.1, 0.15) is 12.8 Å². The minimum atomic E-state index is -0.0123. The van der Waals surface area contributed by atoms with Crippen molar-refractivity contribution in [1.29, 1.82) is 0 Å². The van der Waals surface area contributed by atoms with E-state index in [1.54, 1.807) is 4.90 Å². The normalized spacial score (nSPS) is 17.9. The van der Waals surface area contributed by atoms with Crippen molar-refractivity contribution in [1.82, 2.24) is 10.2 Å². The molecule has 3 aromatic carbocycles. The van der Waals surface area contributed by atoms with Crippen LogP contribution in [0.15, 0.2) is 60.7 Å². The number of rotatable bonds is 7.